The van der Waals surface area contributed by atoms with Crippen LogP contribution in [0.4, 0.5) is 0 Å². The lowest BCUT2D eigenvalue weighted by atomic mass is 9.91. The molecule has 0 atom stereocenters. The molecule has 0 amide bonds. The average Bonchev–Trinajstić information content (AvgIpc) is 2.84. The molecule has 1 aliphatic heterocycles. The second-order valence-corrected chi connectivity index (χ2v) is 9.02. The van der Waals surface area contributed by atoms with Gasteiger partial charge >= 0.3 is 5.63 Å². The Morgan fingerprint density at radius 1 is 0.853 bits per heavy atom. The third-order valence-electron chi connectivity index (χ3n) is 6.80. The number of hydrogen-bond donors (Lipinski definition) is 0. The first-order valence-electron chi connectivity index (χ1n) is 12.0. The van der Waals surface area contributed by atoms with Crippen molar-refractivity contribution >= 4 is 35.8 Å². The molecule has 0 unspecified atom stereocenters. The highest BCUT2D eigenvalue weighted by molar-refractivity contribution is 5.85. The van der Waals surface area contributed by atoms with Crippen LogP contribution in [0.25, 0.3) is 11.0 Å². The molecule has 34 heavy (non-hydrogen) atoms. The van der Waals surface area contributed by atoms with Gasteiger partial charge in [0.25, 0.3) is 0 Å². The fraction of sp³-hybridized carbons (Fsp3) is 0.444. The van der Waals surface area contributed by atoms with E-state index in [1.807, 2.05) is 12.1 Å². The van der Waals surface area contributed by atoms with Crippen LogP contribution in [0.1, 0.15) is 36.0 Å². The zero-order valence-corrected chi connectivity index (χ0v) is 21.2. The van der Waals surface area contributed by atoms with Gasteiger partial charge in [0.1, 0.15) is 11.3 Å². The molecule has 1 saturated heterocycles. The smallest absolute Gasteiger partial charge is 0.339 e. The van der Waals surface area contributed by atoms with Gasteiger partial charge in [0.05, 0.1) is 6.61 Å². The lowest BCUT2D eigenvalue weighted by Gasteiger charge is -2.34. The van der Waals surface area contributed by atoms with Crippen LogP contribution < -0.4 is 10.4 Å². The van der Waals surface area contributed by atoms with Gasteiger partial charge in [-0.25, -0.2) is 4.79 Å². The Bertz CT molecular complexity index is 1110. The van der Waals surface area contributed by atoms with Gasteiger partial charge in [-0.3, -0.25) is 4.90 Å². The van der Waals surface area contributed by atoms with Crippen molar-refractivity contribution < 1.29 is 9.15 Å². The Hall–Kier alpha value is -2.05. The van der Waals surface area contributed by atoms with Crippen LogP contribution in [0.15, 0.2) is 57.7 Å². The Morgan fingerprint density at radius 2 is 1.56 bits per heavy atom. The van der Waals surface area contributed by atoms with Crippen molar-refractivity contribution in [1.82, 2.24) is 9.80 Å². The Kier molecular flexibility index (Phi) is 9.84. The van der Waals surface area contributed by atoms with Gasteiger partial charge in [-0.15, -0.1) is 24.8 Å². The number of aryl methyl sites for hydroxylation is 1. The molecule has 1 fully saturated rings. The van der Waals surface area contributed by atoms with Crippen molar-refractivity contribution in [2.24, 2.45) is 0 Å². The first-order valence-corrected chi connectivity index (χ1v) is 12.0. The number of nitrogens with zero attached hydrogens (tertiary/aromatic N) is 2. The van der Waals surface area contributed by atoms with E-state index in [9.17, 15) is 4.79 Å². The molecule has 0 saturated carbocycles. The predicted octanol–water partition coefficient (Wildman–Crippen LogP) is 5.10. The molecule has 0 bridgehead atoms. The number of halogens is 2. The summed E-state index contributed by atoms with van der Waals surface area (Å²) in [7, 11) is 0. The van der Waals surface area contributed by atoms with Crippen LogP contribution >= 0.6 is 24.8 Å². The monoisotopic (exact) mass is 504 g/mol. The number of benzene rings is 2. The molecule has 2 heterocycles. The molecule has 5 nitrogen and oxygen atoms in total. The third-order valence-corrected chi connectivity index (χ3v) is 6.80. The number of fused-ring (bicyclic) bond motifs is 3. The topological polar surface area (TPSA) is 45.9 Å². The predicted molar refractivity (Wildman–Crippen MR) is 142 cm³/mol. The third kappa shape index (κ3) is 6.33. The minimum atomic E-state index is -0.171. The van der Waals surface area contributed by atoms with E-state index < -0.39 is 0 Å². The van der Waals surface area contributed by atoms with Crippen molar-refractivity contribution in [3.05, 3.63) is 75.6 Å². The van der Waals surface area contributed by atoms with E-state index in [1.165, 1.54) is 11.1 Å². The van der Waals surface area contributed by atoms with E-state index in [2.05, 4.69) is 46.2 Å². The summed E-state index contributed by atoms with van der Waals surface area (Å²) in [5.41, 5.74) is 3.93. The summed E-state index contributed by atoms with van der Waals surface area (Å²) in [5, 5.41) is 1.07. The van der Waals surface area contributed by atoms with E-state index in [4.69, 9.17) is 9.15 Å². The fourth-order valence-corrected chi connectivity index (χ4v) is 5.01. The van der Waals surface area contributed by atoms with Crippen LogP contribution in [-0.4, -0.2) is 49.1 Å². The molecule has 3 aromatic rings. The maximum atomic E-state index is 12.3. The summed E-state index contributed by atoms with van der Waals surface area (Å²) in [4.78, 5) is 17.4. The molecule has 0 spiro atoms. The van der Waals surface area contributed by atoms with Crippen molar-refractivity contribution in [3.63, 3.8) is 0 Å². The molecular formula is C27H34Cl2N2O3. The van der Waals surface area contributed by atoms with Gasteiger partial charge in [-0.1, -0.05) is 30.3 Å². The highest BCUT2D eigenvalue weighted by Crippen LogP contribution is 2.29. The van der Waals surface area contributed by atoms with Gasteiger partial charge in [-0.05, 0) is 55.4 Å². The van der Waals surface area contributed by atoms with E-state index in [-0.39, 0.29) is 30.4 Å². The number of piperazine rings is 1. The van der Waals surface area contributed by atoms with Crippen molar-refractivity contribution in [2.45, 2.75) is 38.6 Å². The first kappa shape index (κ1) is 26.6. The number of ether oxygens (including phenoxy) is 1. The minimum absolute atomic E-state index is 0. The fourth-order valence-electron chi connectivity index (χ4n) is 5.01. The normalized spacial score (nSPS) is 16.4. The van der Waals surface area contributed by atoms with E-state index in [0.29, 0.717) is 12.2 Å². The summed E-state index contributed by atoms with van der Waals surface area (Å²) in [6, 6.07) is 16.7. The summed E-state index contributed by atoms with van der Waals surface area (Å²) in [6.07, 6.45) is 5.02. The van der Waals surface area contributed by atoms with Gasteiger partial charge in [0, 0.05) is 56.3 Å². The summed E-state index contributed by atoms with van der Waals surface area (Å²) in [6.45, 7) is 7.21. The minimum Gasteiger partial charge on any atom is -0.493 e. The standard InChI is InChI=1S/C27H32N2O3.2ClH/c30-27-25-10-5-4-9-23(25)24-12-11-22(19-26(24)32-27)31-18-6-13-28-14-16-29(17-15-28)20-21-7-2-1-3-8-21;;/h1-3,7-8,11-12,19H,4-6,9-10,13-18,20H2;2*1H. The molecule has 7 heteroatoms. The van der Waals surface area contributed by atoms with Gasteiger partial charge in [0.2, 0.25) is 0 Å². The molecular weight excluding hydrogens is 471 g/mol. The maximum Gasteiger partial charge on any atom is 0.339 e. The molecule has 2 aromatic carbocycles. The van der Waals surface area contributed by atoms with Crippen LogP contribution in [0.2, 0.25) is 0 Å². The lowest BCUT2D eigenvalue weighted by Crippen LogP contribution is -2.46. The average molecular weight is 505 g/mol. The van der Waals surface area contributed by atoms with E-state index >= 15 is 0 Å². The van der Waals surface area contributed by atoms with Crippen LogP contribution in [0.5, 0.6) is 5.75 Å². The molecule has 5 rings (SSSR count). The Balaban J connectivity index is 0.00000162. The summed E-state index contributed by atoms with van der Waals surface area (Å²) >= 11 is 0. The zero-order chi connectivity index (χ0) is 21.8. The highest BCUT2D eigenvalue weighted by atomic mass is 35.5. The maximum absolute atomic E-state index is 12.3. The molecule has 0 N–H and O–H groups in total. The SMILES string of the molecule is Cl.Cl.O=c1oc2cc(OCCCN3CCN(Cc4ccccc4)CC3)ccc2c2c1CCCC2. The Labute approximate surface area is 213 Å². The second kappa shape index (κ2) is 12.6. The quantitative estimate of drug-likeness (QED) is 0.330. The largest absolute Gasteiger partial charge is 0.493 e. The lowest BCUT2D eigenvalue weighted by molar-refractivity contribution is 0.121. The molecule has 1 aromatic heterocycles. The molecule has 1 aliphatic carbocycles. The van der Waals surface area contributed by atoms with Crippen molar-refractivity contribution in [3.8, 4) is 5.75 Å². The molecule has 2 aliphatic rings. The van der Waals surface area contributed by atoms with Crippen LogP contribution in [-0.2, 0) is 19.4 Å². The second-order valence-electron chi connectivity index (χ2n) is 9.02. The van der Waals surface area contributed by atoms with E-state index in [0.717, 1.165) is 88.1 Å². The van der Waals surface area contributed by atoms with Gasteiger partial charge in [0.15, 0.2) is 0 Å². The summed E-state index contributed by atoms with van der Waals surface area (Å²) in [5.74, 6) is 0.782. The molecule has 0 radical (unpaired) electrons. The van der Waals surface area contributed by atoms with Crippen LogP contribution in [0.3, 0.4) is 0 Å². The highest BCUT2D eigenvalue weighted by Gasteiger charge is 2.19. The first-order chi connectivity index (χ1) is 15.8. The summed E-state index contributed by atoms with van der Waals surface area (Å²) < 4.78 is 11.6. The van der Waals surface area contributed by atoms with Gasteiger partial charge in [-0.2, -0.15) is 0 Å². The van der Waals surface area contributed by atoms with E-state index in [1.54, 1.807) is 0 Å². The van der Waals surface area contributed by atoms with Crippen molar-refractivity contribution in [1.29, 1.82) is 0 Å². The Morgan fingerprint density at radius 3 is 2.32 bits per heavy atom. The zero-order valence-electron chi connectivity index (χ0n) is 19.5. The molecule has 184 valence electrons. The van der Waals surface area contributed by atoms with Crippen LogP contribution in [0, 0.1) is 0 Å². The van der Waals surface area contributed by atoms with Crippen molar-refractivity contribution in [2.75, 3.05) is 39.3 Å². The van der Waals surface area contributed by atoms with Gasteiger partial charge < -0.3 is 14.1 Å². The number of hydrogen-bond acceptors (Lipinski definition) is 5. The number of rotatable bonds is 7.